The van der Waals surface area contributed by atoms with Gasteiger partial charge in [-0.05, 0) is 29.9 Å². The number of hydrogen-bond donors (Lipinski definition) is 1. The lowest BCUT2D eigenvalue weighted by molar-refractivity contribution is -0.384. The molecule has 0 fully saturated rings. The SMILES string of the molecule is CC(C)Cn1c(=O)[nH]c(=O)c2c(C(=O)N3CCc4ccc([N+](=O)[O-])cc43)cc(C(C)C)nc21. The van der Waals surface area contributed by atoms with Crippen molar-refractivity contribution in [3.05, 3.63) is 72.0 Å². The van der Waals surface area contributed by atoms with E-state index in [-0.39, 0.29) is 34.1 Å². The molecule has 1 aromatic carbocycles. The van der Waals surface area contributed by atoms with Gasteiger partial charge in [-0.2, -0.15) is 0 Å². The van der Waals surface area contributed by atoms with Crippen LogP contribution in [-0.2, 0) is 13.0 Å². The molecule has 0 bridgehead atoms. The second kappa shape index (κ2) is 8.27. The Bertz CT molecular complexity index is 1400. The predicted octanol–water partition coefficient (Wildman–Crippen LogP) is 2.98. The average molecular weight is 451 g/mol. The summed E-state index contributed by atoms with van der Waals surface area (Å²) in [6.45, 7) is 8.36. The molecule has 0 saturated carbocycles. The molecule has 0 radical (unpaired) electrons. The maximum atomic E-state index is 13.7. The van der Waals surface area contributed by atoms with E-state index in [9.17, 15) is 24.5 Å². The first-order valence-electron chi connectivity index (χ1n) is 10.9. The number of amides is 1. The lowest BCUT2D eigenvalue weighted by Crippen LogP contribution is -2.35. The van der Waals surface area contributed by atoms with Gasteiger partial charge in [-0.25, -0.2) is 9.78 Å². The number of pyridine rings is 1. The summed E-state index contributed by atoms with van der Waals surface area (Å²) in [4.78, 5) is 58.3. The number of rotatable bonds is 5. The van der Waals surface area contributed by atoms with E-state index in [1.54, 1.807) is 12.1 Å². The van der Waals surface area contributed by atoms with Gasteiger partial charge in [-0.15, -0.1) is 0 Å². The molecule has 4 rings (SSSR count). The number of carbonyl (C=O) groups is 1. The Hall–Kier alpha value is -3.82. The van der Waals surface area contributed by atoms with Gasteiger partial charge in [-0.3, -0.25) is 29.3 Å². The van der Waals surface area contributed by atoms with Crippen LogP contribution in [0.25, 0.3) is 11.0 Å². The standard InChI is InChI=1S/C23H25N5O5/c1-12(2)11-27-20-19(21(29)25-23(27)31)16(10-17(24-20)13(3)4)22(30)26-8-7-14-5-6-15(28(32)33)9-18(14)26/h5-6,9-10,12-13H,7-8,11H2,1-4H3,(H,25,29,31). The third-order valence-corrected chi connectivity index (χ3v) is 5.76. The monoisotopic (exact) mass is 451 g/mol. The summed E-state index contributed by atoms with van der Waals surface area (Å²) in [5, 5.41) is 11.3. The molecular weight excluding hydrogens is 426 g/mol. The van der Waals surface area contributed by atoms with Gasteiger partial charge in [0.1, 0.15) is 0 Å². The van der Waals surface area contributed by atoms with Crippen LogP contribution in [0, 0.1) is 16.0 Å². The Morgan fingerprint density at radius 1 is 1.21 bits per heavy atom. The highest BCUT2D eigenvalue weighted by molar-refractivity contribution is 6.14. The summed E-state index contributed by atoms with van der Waals surface area (Å²) >= 11 is 0. The first-order chi connectivity index (χ1) is 15.6. The molecule has 3 aromatic rings. The zero-order chi connectivity index (χ0) is 24.0. The van der Waals surface area contributed by atoms with E-state index in [0.29, 0.717) is 30.9 Å². The van der Waals surface area contributed by atoms with Crippen molar-refractivity contribution in [3.8, 4) is 0 Å². The van der Waals surface area contributed by atoms with E-state index in [1.807, 2.05) is 27.7 Å². The van der Waals surface area contributed by atoms with Crippen LogP contribution in [-0.4, -0.2) is 31.9 Å². The van der Waals surface area contributed by atoms with Crippen LogP contribution in [0.2, 0.25) is 0 Å². The first-order valence-corrected chi connectivity index (χ1v) is 10.9. The topological polar surface area (TPSA) is 131 Å². The maximum Gasteiger partial charge on any atom is 0.330 e. The first kappa shape index (κ1) is 22.4. The van der Waals surface area contributed by atoms with Crippen molar-refractivity contribution in [2.45, 2.75) is 46.6 Å². The maximum absolute atomic E-state index is 13.7. The molecule has 0 unspecified atom stereocenters. The number of hydrogen-bond acceptors (Lipinski definition) is 6. The molecule has 10 nitrogen and oxygen atoms in total. The van der Waals surface area contributed by atoms with Crippen LogP contribution in [0.5, 0.6) is 0 Å². The number of nitrogens with one attached hydrogen (secondary N) is 1. The number of nitro benzene ring substituents is 1. The predicted molar refractivity (Wildman–Crippen MR) is 124 cm³/mol. The third-order valence-electron chi connectivity index (χ3n) is 5.76. The normalized spacial score (nSPS) is 13.2. The Labute approximate surface area is 189 Å². The van der Waals surface area contributed by atoms with Crippen LogP contribution in [0.4, 0.5) is 11.4 Å². The average Bonchev–Trinajstić information content (AvgIpc) is 3.18. The summed E-state index contributed by atoms with van der Waals surface area (Å²) < 4.78 is 1.40. The fourth-order valence-corrected chi connectivity index (χ4v) is 4.13. The molecule has 0 spiro atoms. The van der Waals surface area contributed by atoms with Crippen molar-refractivity contribution in [1.82, 2.24) is 14.5 Å². The van der Waals surface area contributed by atoms with E-state index >= 15 is 0 Å². The van der Waals surface area contributed by atoms with Crippen LogP contribution >= 0.6 is 0 Å². The number of nitro groups is 1. The van der Waals surface area contributed by atoms with Crippen LogP contribution in [0.3, 0.4) is 0 Å². The van der Waals surface area contributed by atoms with Crippen molar-refractivity contribution in [1.29, 1.82) is 0 Å². The lowest BCUT2D eigenvalue weighted by atomic mass is 10.0. The smallest absolute Gasteiger partial charge is 0.307 e. The van der Waals surface area contributed by atoms with Crippen molar-refractivity contribution < 1.29 is 9.72 Å². The summed E-state index contributed by atoms with van der Waals surface area (Å²) in [5.41, 5.74) is 0.785. The zero-order valence-corrected chi connectivity index (χ0v) is 18.9. The Kier molecular flexibility index (Phi) is 5.61. The van der Waals surface area contributed by atoms with Crippen LogP contribution in [0.1, 0.15) is 55.2 Å². The number of fused-ring (bicyclic) bond motifs is 2. The molecule has 33 heavy (non-hydrogen) atoms. The zero-order valence-electron chi connectivity index (χ0n) is 18.9. The Balaban J connectivity index is 1.96. The second-order valence-corrected chi connectivity index (χ2v) is 8.99. The molecule has 2 aromatic heterocycles. The van der Waals surface area contributed by atoms with E-state index < -0.39 is 22.1 Å². The largest absolute Gasteiger partial charge is 0.330 e. The summed E-state index contributed by atoms with van der Waals surface area (Å²) in [5.74, 6) is -0.412. The van der Waals surface area contributed by atoms with E-state index in [1.165, 1.54) is 21.6 Å². The summed E-state index contributed by atoms with van der Waals surface area (Å²) in [6, 6.07) is 6.04. The minimum atomic E-state index is -0.681. The lowest BCUT2D eigenvalue weighted by Gasteiger charge is -2.20. The molecular formula is C23H25N5O5. The van der Waals surface area contributed by atoms with E-state index in [0.717, 1.165) is 5.56 Å². The highest BCUT2D eigenvalue weighted by atomic mass is 16.6. The molecule has 172 valence electrons. The van der Waals surface area contributed by atoms with E-state index in [4.69, 9.17) is 0 Å². The Morgan fingerprint density at radius 3 is 2.58 bits per heavy atom. The minimum absolute atomic E-state index is 0.0449. The Morgan fingerprint density at radius 2 is 1.94 bits per heavy atom. The highest BCUT2D eigenvalue weighted by Crippen LogP contribution is 2.33. The number of anilines is 1. The van der Waals surface area contributed by atoms with Crippen molar-refractivity contribution in [3.63, 3.8) is 0 Å². The number of benzene rings is 1. The van der Waals surface area contributed by atoms with Gasteiger partial charge in [0.05, 0.1) is 21.6 Å². The van der Waals surface area contributed by atoms with Gasteiger partial charge in [0, 0.05) is 30.9 Å². The van der Waals surface area contributed by atoms with Gasteiger partial charge in [0.15, 0.2) is 5.65 Å². The number of non-ortho nitro benzene ring substituents is 1. The van der Waals surface area contributed by atoms with Gasteiger partial charge < -0.3 is 4.90 Å². The van der Waals surface area contributed by atoms with Gasteiger partial charge in [0.2, 0.25) is 0 Å². The molecule has 1 aliphatic heterocycles. The summed E-state index contributed by atoms with van der Waals surface area (Å²) in [7, 11) is 0. The molecule has 0 saturated heterocycles. The number of carbonyl (C=O) groups excluding carboxylic acids is 1. The highest BCUT2D eigenvalue weighted by Gasteiger charge is 2.30. The molecule has 1 amide bonds. The number of nitrogens with zero attached hydrogens (tertiary/aromatic N) is 4. The minimum Gasteiger partial charge on any atom is -0.307 e. The van der Waals surface area contributed by atoms with E-state index in [2.05, 4.69) is 9.97 Å². The van der Waals surface area contributed by atoms with Gasteiger partial charge in [0.25, 0.3) is 17.2 Å². The number of aromatic amines is 1. The fraction of sp³-hybridized carbons (Fsp3) is 0.391. The van der Waals surface area contributed by atoms with Crippen molar-refractivity contribution >= 4 is 28.3 Å². The summed E-state index contributed by atoms with van der Waals surface area (Å²) in [6.07, 6.45) is 0.549. The number of aromatic nitrogens is 3. The van der Waals surface area contributed by atoms with Gasteiger partial charge >= 0.3 is 5.69 Å². The molecule has 0 aliphatic carbocycles. The van der Waals surface area contributed by atoms with Crippen LogP contribution < -0.4 is 16.1 Å². The van der Waals surface area contributed by atoms with Gasteiger partial charge in [-0.1, -0.05) is 33.8 Å². The fourth-order valence-electron chi connectivity index (χ4n) is 4.13. The van der Waals surface area contributed by atoms with Crippen molar-refractivity contribution in [2.24, 2.45) is 5.92 Å². The molecule has 10 heteroatoms. The second-order valence-electron chi connectivity index (χ2n) is 8.99. The quantitative estimate of drug-likeness (QED) is 0.469. The third kappa shape index (κ3) is 3.92. The van der Waals surface area contributed by atoms with Crippen LogP contribution in [0.15, 0.2) is 33.9 Å². The molecule has 3 heterocycles. The van der Waals surface area contributed by atoms with Crippen molar-refractivity contribution in [2.75, 3.05) is 11.4 Å². The number of H-pyrrole nitrogens is 1. The molecule has 0 atom stereocenters. The molecule has 1 N–H and O–H groups in total. The molecule has 1 aliphatic rings.